The molecule has 0 heterocycles. The van der Waals surface area contributed by atoms with Crippen molar-refractivity contribution in [3.8, 4) is 0 Å². The summed E-state index contributed by atoms with van der Waals surface area (Å²) in [6.07, 6.45) is 8.49. The maximum atomic E-state index is 2.42. The summed E-state index contributed by atoms with van der Waals surface area (Å²) in [4.78, 5) is 0. The topological polar surface area (TPSA) is 0 Å². The zero-order valence-electron chi connectivity index (χ0n) is 8.78. The first kappa shape index (κ1) is 9.57. The lowest BCUT2D eigenvalue weighted by Gasteiger charge is -2.29. The second-order valence-corrected chi connectivity index (χ2v) is 4.23. The average molecular weight is 164 g/mol. The quantitative estimate of drug-likeness (QED) is 0.576. The maximum Gasteiger partial charge on any atom is -0.0106 e. The van der Waals surface area contributed by atoms with E-state index < -0.39 is 0 Å². The first-order chi connectivity index (χ1) is 5.59. The Bertz CT molecular complexity index is 220. The normalized spacial score (nSPS) is 29.7. The summed E-state index contributed by atoms with van der Waals surface area (Å²) in [6.45, 7) is 9.10. The van der Waals surface area contributed by atoms with Crippen LogP contribution in [0.5, 0.6) is 0 Å². The van der Waals surface area contributed by atoms with Crippen molar-refractivity contribution in [3.05, 3.63) is 23.3 Å². The van der Waals surface area contributed by atoms with Crippen molar-refractivity contribution in [1.82, 2.24) is 0 Å². The highest BCUT2D eigenvalue weighted by atomic mass is 14.3. The molecule has 0 saturated heterocycles. The molecule has 0 saturated carbocycles. The zero-order valence-corrected chi connectivity index (χ0v) is 8.78. The third-order valence-electron chi connectivity index (χ3n) is 2.90. The third kappa shape index (κ3) is 2.00. The van der Waals surface area contributed by atoms with Crippen molar-refractivity contribution >= 4 is 0 Å². The molecule has 0 amide bonds. The fourth-order valence-electron chi connectivity index (χ4n) is 1.99. The smallest absolute Gasteiger partial charge is 0.0106 e. The second kappa shape index (κ2) is 3.47. The van der Waals surface area contributed by atoms with Crippen molar-refractivity contribution in [1.29, 1.82) is 0 Å². The monoisotopic (exact) mass is 164 g/mol. The van der Waals surface area contributed by atoms with Crippen LogP contribution in [0.1, 0.15) is 47.0 Å². The summed E-state index contributed by atoms with van der Waals surface area (Å²) < 4.78 is 0. The first-order valence-electron chi connectivity index (χ1n) is 4.98. The van der Waals surface area contributed by atoms with E-state index in [1.54, 1.807) is 5.57 Å². The Balaban J connectivity index is 2.84. The van der Waals surface area contributed by atoms with Crippen LogP contribution in [0.4, 0.5) is 0 Å². The SMILES string of the molecule is CCC1=CC(C)=CC(C)(CC)C1. The number of rotatable bonds is 2. The molecule has 0 aromatic carbocycles. The molecule has 0 aromatic rings. The molecule has 68 valence electrons. The molecule has 1 rings (SSSR count). The Morgan fingerprint density at radius 2 is 2.08 bits per heavy atom. The highest BCUT2D eigenvalue weighted by Gasteiger charge is 2.23. The Labute approximate surface area is 76.4 Å². The van der Waals surface area contributed by atoms with E-state index in [-0.39, 0.29) is 0 Å². The highest BCUT2D eigenvalue weighted by Crippen LogP contribution is 2.37. The summed E-state index contributed by atoms with van der Waals surface area (Å²) in [5, 5.41) is 0. The van der Waals surface area contributed by atoms with E-state index in [9.17, 15) is 0 Å². The summed E-state index contributed by atoms with van der Waals surface area (Å²) >= 11 is 0. The maximum absolute atomic E-state index is 2.42. The van der Waals surface area contributed by atoms with Gasteiger partial charge in [0.2, 0.25) is 0 Å². The summed E-state index contributed by atoms with van der Waals surface area (Å²) in [5.41, 5.74) is 3.49. The van der Waals surface area contributed by atoms with Gasteiger partial charge >= 0.3 is 0 Å². The largest absolute Gasteiger partial charge is 0.0753 e. The van der Waals surface area contributed by atoms with E-state index in [0.717, 1.165) is 0 Å². The second-order valence-electron chi connectivity index (χ2n) is 4.23. The van der Waals surface area contributed by atoms with Crippen LogP contribution in [0.15, 0.2) is 23.3 Å². The van der Waals surface area contributed by atoms with Crippen molar-refractivity contribution in [2.24, 2.45) is 5.41 Å². The van der Waals surface area contributed by atoms with Crippen LogP contribution in [0.2, 0.25) is 0 Å². The summed E-state index contributed by atoms with van der Waals surface area (Å²) in [6, 6.07) is 0. The van der Waals surface area contributed by atoms with E-state index >= 15 is 0 Å². The lowest BCUT2D eigenvalue weighted by molar-refractivity contribution is 0.396. The van der Waals surface area contributed by atoms with Crippen LogP contribution in [0.3, 0.4) is 0 Å². The van der Waals surface area contributed by atoms with Crippen LogP contribution in [0.25, 0.3) is 0 Å². The van der Waals surface area contributed by atoms with Crippen LogP contribution < -0.4 is 0 Å². The van der Waals surface area contributed by atoms with Crippen LogP contribution in [-0.2, 0) is 0 Å². The minimum Gasteiger partial charge on any atom is -0.0753 e. The van der Waals surface area contributed by atoms with Gasteiger partial charge in [0, 0.05) is 0 Å². The molecule has 0 aliphatic heterocycles. The number of hydrogen-bond donors (Lipinski definition) is 0. The van der Waals surface area contributed by atoms with Gasteiger partial charge in [-0.05, 0) is 31.6 Å². The predicted octanol–water partition coefficient (Wildman–Crippen LogP) is 4.09. The van der Waals surface area contributed by atoms with Gasteiger partial charge in [-0.1, -0.05) is 44.1 Å². The molecule has 0 fully saturated rings. The van der Waals surface area contributed by atoms with Gasteiger partial charge in [0.1, 0.15) is 0 Å². The Morgan fingerprint density at radius 3 is 2.58 bits per heavy atom. The standard InChI is InChI=1S/C12H20/c1-5-11-7-10(3)8-12(4,6-2)9-11/h7-8H,5-6,9H2,1-4H3. The predicted molar refractivity (Wildman–Crippen MR) is 55.1 cm³/mol. The Hall–Kier alpha value is -0.520. The van der Waals surface area contributed by atoms with Gasteiger partial charge in [0.05, 0.1) is 0 Å². The third-order valence-corrected chi connectivity index (χ3v) is 2.90. The molecule has 1 aliphatic rings. The molecule has 0 heteroatoms. The minimum atomic E-state index is 0.435. The molecular formula is C12H20. The average Bonchev–Trinajstić information content (AvgIpc) is 2.03. The molecule has 1 atom stereocenters. The van der Waals surface area contributed by atoms with Gasteiger partial charge in [0.25, 0.3) is 0 Å². The van der Waals surface area contributed by atoms with Gasteiger partial charge in [-0.15, -0.1) is 0 Å². The van der Waals surface area contributed by atoms with E-state index in [4.69, 9.17) is 0 Å². The van der Waals surface area contributed by atoms with Crippen molar-refractivity contribution in [2.45, 2.75) is 47.0 Å². The molecule has 0 radical (unpaired) electrons. The Kier molecular flexibility index (Phi) is 2.76. The van der Waals surface area contributed by atoms with E-state index in [1.807, 2.05) is 0 Å². The molecule has 1 unspecified atom stereocenters. The lowest BCUT2D eigenvalue weighted by atomic mass is 9.76. The number of allylic oxidation sites excluding steroid dienone is 4. The fraction of sp³-hybridized carbons (Fsp3) is 0.667. The van der Waals surface area contributed by atoms with Crippen LogP contribution in [0, 0.1) is 5.41 Å². The van der Waals surface area contributed by atoms with Crippen LogP contribution in [-0.4, -0.2) is 0 Å². The van der Waals surface area contributed by atoms with Gasteiger partial charge in [-0.2, -0.15) is 0 Å². The van der Waals surface area contributed by atoms with Crippen molar-refractivity contribution in [2.75, 3.05) is 0 Å². The van der Waals surface area contributed by atoms with Gasteiger partial charge in [-0.25, -0.2) is 0 Å². The summed E-state index contributed by atoms with van der Waals surface area (Å²) in [7, 11) is 0. The van der Waals surface area contributed by atoms with E-state index in [1.165, 1.54) is 24.8 Å². The van der Waals surface area contributed by atoms with Gasteiger partial charge in [0.15, 0.2) is 0 Å². The molecule has 12 heavy (non-hydrogen) atoms. The Morgan fingerprint density at radius 1 is 1.42 bits per heavy atom. The van der Waals surface area contributed by atoms with Crippen molar-refractivity contribution in [3.63, 3.8) is 0 Å². The highest BCUT2D eigenvalue weighted by molar-refractivity contribution is 5.30. The molecule has 0 spiro atoms. The number of hydrogen-bond acceptors (Lipinski definition) is 0. The van der Waals surface area contributed by atoms with E-state index in [2.05, 4.69) is 39.8 Å². The molecule has 0 bridgehead atoms. The van der Waals surface area contributed by atoms with Gasteiger partial charge < -0.3 is 0 Å². The minimum absolute atomic E-state index is 0.435. The van der Waals surface area contributed by atoms with Crippen LogP contribution >= 0.6 is 0 Å². The van der Waals surface area contributed by atoms with E-state index in [0.29, 0.717) is 5.41 Å². The first-order valence-corrected chi connectivity index (χ1v) is 4.98. The lowest BCUT2D eigenvalue weighted by Crippen LogP contribution is -2.16. The molecular weight excluding hydrogens is 144 g/mol. The molecule has 1 aliphatic carbocycles. The molecule has 0 nitrogen and oxygen atoms in total. The molecule has 0 N–H and O–H groups in total. The van der Waals surface area contributed by atoms with Crippen molar-refractivity contribution < 1.29 is 0 Å². The summed E-state index contributed by atoms with van der Waals surface area (Å²) in [5.74, 6) is 0. The fourth-order valence-corrected chi connectivity index (χ4v) is 1.99. The zero-order chi connectivity index (χ0) is 9.19. The molecule has 0 aromatic heterocycles. The van der Waals surface area contributed by atoms with Gasteiger partial charge in [-0.3, -0.25) is 0 Å².